The molecule has 2 aromatic heterocycles. The molecule has 0 aliphatic carbocycles. The van der Waals surface area contributed by atoms with Crippen LogP contribution in [0.15, 0.2) is 35.1 Å². The molecule has 29 heavy (non-hydrogen) atoms. The first kappa shape index (κ1) is 19.3. The zero-order valence-corrected chi connectivity index (χ0v) is 17.2. The summed E-state index contributed by atoms with van der Waals surface area (Å²) in [5.41, 5.74) is 2.28. The first-order valence-corrected chi connectivity index (χ1v) is 10.3. The van der Waals surface area contributed by atoms with Gasteiger partial charge in [0.05, 0.1) is 6.54 Å². The van der Waals surface area contributed by atoms with Crippen molar-refractivity contribution in [1.82, 2.24) is 19.1 Å². The third-order valence-corrected chi connectivity index (χ3v) is 5.59. The minimum atomic E-state index is -0.0493. The van der Waals surface area contributed by atoms with E-state index >= 15 is 0 Å². The van der Waals surface area contributed by atoms with Crippen LogP contribution in [0.5, 0.6) is 0 Å². The standard InChI is InChI=1S/C23H27N5O/c1-3-4-17-28-20-21(25-23(28)27-15-9-6-10-16-27)24-19(26(2)22(20)29)14-13-18-11-7-5-8-12-18/h5,7-8,11-12H,6,9-10,13-17H2,1-2H3. The number of hydrogen-bond acceptors (Lipinski definition) is 4. The van der Waals surface area contributed by atoms with Crippen LogP contribution in [-0.2, 0) is 26.4 Å². The van der Waals surface area contributed by atoms with Gasteiger partial charge < -0.3 is 4.90 Å². The van der Waals surface area contributed by atoms with Crippen molar-refractivity contribution in [2.75, 3.05) is 18.0 Å². The van der Waals surface area contributed by atoms with Crippen molar-refractivity contribution in [3.63, 3.8) is 0 Å². The van der Waals surface area contributed by atoms with Crippen molar-refractivity contribution in [1.29, 1.82) is 0 Å². The Kier molecular flexibility index (Phi) is 5.66. The smallest absolute Gasteiger partial charge is 0.279 e. The molecular weight excluding hydrogens is 362 g/mol. The Morgan fingerprint density at radius 2 is 1.79 bits per heavy atom. The van der Waals surface area contributed by atoms with Gasteiger partial charge in [-0.15, -0.1) is 5.92 Å². The molecule has 0 bridgehead atoms. The molecule has 1 saturated heterocycles. The van der Waals surface area contributed by atoms with Gasteiger partial charge in [0, 0.05) is 26.6 Å². The second-order valence-electron chi connectivity index (χ2n) is 7.52. The fourth-order valence-corrected chi connectivity index (χ4v) is 3.96. The van der Waals surface area contributed by atoms with Crippen LogP contribution in [0.25, 0.3) is 11.2 Å². The number of anilines is 1. The van der Waals surface area contributed by atoms with Crippen molar-refractivity contribution in [3.8, 4) is 11.8 Å². The van der Waals surface area contributed by atoms with Crippen LogP contribution < -0.4 is 10.5 Å². The van der Waals surface area contributed by atoms with Crippen molar-refractivity contribution in [2.24, 2.45) is 7.05 Å². The molecule has 1 fully saturated rings. The molecule has 0 N–H and O–H groups in total. The molecule has 0 unspecified atom stereocenters. The minimum absolute atomic E-state index is 0.0493. The molecule has 3 heterocycles. The summed E-state index contributed by atoms with van der Waals surface area (Å²) < 4.78 is 3.62. The highest BCUT2D eigenvalue weighted by Crippen LogP contribution is 2.23. The molecule has 0 amide bonds. The fourth-order valence-electron chi connectivity index (χ4n) is 3.96. The predicted octanol–water partition coefficient (Wildman–Crippen LogP) is 2.93. The van der Waals surface area contributed by atoms with Crippen molar-refractivity contribution in [2.45, 2.75) is 45.6 Å². The number of nitrogens with zero attached hydrogens (tertiary/aromatic N) is 5. The van der Waals surface area contributed by atoms with Crippen LogP contribution in [0.3, 0.4) is 0 Å². The van der Waals surface area contributed by atoms with Gasteiger partial charge >= 0.3 is 0 Å². The van der Waals surface area contributed by atoms with Gasteiger partial charge in [-0.1, -0.05) is 36.3 Å². The molecule has 6 heteroatoms. The molecule has 6 nitrogen and oxygen atoms in total. The van der Waals surface area contributed by atoms with Crippen molar-refractivity contribution < 1.29 is 0 Å². The van der Waals surface area contributed by atoms with E-state index in [1.807, 2.05) is 29.7 Å². The highest BCUT2D eigenvalue weighted by molar-refractivity contribution is 5.74. The summed E-state index contributed by atoms with van der Waals surface area (Å²) in [6, 6.07) is 10.3. The molecule has 3 aromatic rings. The third-order valence-electron chi connectivity index (χ3n) is 5.59. The summed E-state index contributed by atoms with van der Waals surface area (Å²) in [6.07, 6.45) is 5.09. The molecule has 150 valence electrons. The number of benzene rings is 1. The number of imidazole rings is 1. The molecule has 4 rings (SSSR count). The lowest BCUT2D eigenvalue weighted by atomic mass is 10.1. The van der Waals surface area contributed by atoms with Gasteiger partial charge in [-0.2, -0.15) is 4.98 Å². The van der Waals surface area contributed by atoms with Gasteiger partial charge in [-0.3, -0.25) is 13.9 Å². The van der Waals surface area contributed by atoms with E-state index in [0.717, 1.165) is 44.1 Å². The van der Waals surface area contributed by atoms with Gasteiger partial charge in [0.15, 0.2) is 11.2 Å². The Bertz CT molecular complexity index is 1110. The number of piperidine rings is 1. The van der Waals surface area contributed by atoms with Gasteiger partial charge in [0.1, 0.15) is 5.82 Å². The zero-order chi connectivity index (χ0) is 20.2. The number of hydrogen-bond donors (Lipinski definition) is 0. The van der Waals surface area contributed by atoms with Crippen LogP contribution in [0.4, 0.5) is 5.95 Å². The highest BCUT2D eigenvalue weighted by Gasteiger charge is 2.22. The van der Waals surface area contributed by atoms with Crippen molar-refractivity contribution in [3.05, 3.63) is 52.1 Å². The maximum absolute atomic E-state index is 13.2. The summed E-state index contributed by atoms with van der Waals surface area (Å²) in [5.74, 6) is 7.63. The van der Waals surface area contributed by atoms with Crippen LogP contribution in [-0.4, -0.2) is 32.2 Å². The van der Waals surface area contributed by atoms with Gasteiger partial charge in [-0.05, 0) is 38.2 Å². The van der Waals surface area contributed by atoms with E-state index in [2.05, 4.69) is 28.9 Å². The lowest BCUT2D eigenvalue weighted by Gasteiger charge is -2.27. The summed E-state index contributed by atoms with van der Waals surface area (Å²) in [4.78, 5) is 25.1. The lowest BCUT2D eigenvalue weighted by molar-refractivity contribution is 0.561. The average molecular weight is 390 g/mol. The largest absolute Gasteiger partial charge is 0.342 e. The summed E-state index contributed by atoms with van der Waals surface area (Å²) >= 11 is 0. The predicted molar refractivity (Wildman–Crippen MR) is 116 cm³/mol. The lowest BCUT2D eigenvalue weighted by Crippen LogP contribution is -2.32. The van der Waals surface area contributed by atoms with Crippen LogP contribution in [0, 0.1) is 11.8 Å². The van der Waals surface area contributed by atoms with Crippen LogP contribution >= 0.6 is 0 Å². The summed E-state index contributed by atoms with van der Waals surface area (Å²) in [6.45, 7) is 4.20. The Balaban J connectivity index is 1.76. The molecule has 0 radical (unpaired) electrons. The zero-order valence-electron chi connectivity index (χ0n) is 17.2. The van der Waals surface area contributed by atoms with Gasteiger partial charge in [-0.25, -0.2) is 4.98 Å². The maximum Gasteiger partial charge on any atom is 0.279 e. The highest BCUT2D eigenvalue weighted by atomic mass is 16.1. The number of aromatic nitrogens is 4. The van der Waals surface area contributed by atoms with Gasteiger partial charge in [0.2, 0.25) is 5.95 Å². The van der Waals surface area contributed by atoms with E-state index in [1.54, 1.807) is 11.6 Å². The molecule has 1 aliphatic heterocycles. The number of aryl methyl sites for hydroxylation is 2. The number of fused-ring (bicyclic) bond motifs is 1. The monoisotopic (exact) mass is 389 g/mol. The van der Waals surface area contributed by atoms with Crippen LogP contribution in [0.2, 0.25) is 0 Å². The van der Waals surface area contributed by atoms with E-state index in [9.17, 15) is 4.79 Å². The molecule has 1 aliphatic rings. The van der Waals surface area contributed by atoms with E-state index < -0.39 is 0 Å². The van der Waals surface area contributed by atoms with E-state index in [1.165, 1.54) is 12.0 Å². The molecular formula is C23H27N5O. The first-order valence-electron chi connectivity index (χ1n) is 10.3. The summed E-state index contributed by atoms with van der Waals surface area (Å²) in [5, 5.41) is 0. The normalized spacial score (nSPS) is 14.1. The molecule has 0 saturated carbocycles. The van der Waals surface area contributed by atoms with Crippen LogP contribution in [0.1, 0.15) is 37.6 Å². The second-order valence-corrected chi connectivity index (χ2v) is 7.52. The minimum Gasteiger partial charge on any atom is -0.342 e. The Morgan fingerprint density at radius 1 is 1.03 bits per heavy atom. The summed E-state index contributed by atoms with van der Waals surface area (Å²) in [7, 11) is 1.80. The van der Waals surface area contributed by atoms with Crippen molar-refractivity contribution >= 4 is 17.1 Å². The van der Waals surface area contributed by atoms with E-state index in [4.69, 9.17) is 9.97 Å². The SMILES string of the molecule is CC#CCn1c(N2CCCCC2)nc2nc(CCc3ccccc3)n(C)c(=O)c21. The fraction of sp³-hybridized carbons (Fsp3) is 0.435. The Hall–Kier alpha value is -3.07. The van der Waals surface area contributed by atoms with Gasteiger partial charge in [0.25, 0.3) is 5.56 Å². The quantitative estimate of drug-likeness (QED) is 0.630. The Labute approximate surface area is 171 Å². The maximum atomic E-state index is 13.2. The second kappa shape index (κ2) is 8.52. The average Bonchev–Trinajstić information content (AvgIpc) is 3.13. The molecule has 0 spiro atoms. The first-order chi connectivity index (χ1) is 14.2. The van der Waals surface area contributed by atoms with E-state index in [0.29, 0.717) is 24.1 Å². The molecule has 0 atom stereocenters. The third kappa shape index (κ3) is 3.91. The van der Waals surface area contributed by atoms with E-state index in [-0.39, 0.29) is 5.56 Å². The molecule has 1 aromatic carbocycles. The number of rotatable bonds is 5. The topological polar surface area (TPSA) is 56.0 Å². The Morgan fingerprint density at radius 3 is 2.52 bits per heavy atom.